The van der Waals surface area contributed by atoms with Gasteiger partial charge in [-0.2, -0.15) is 0 Å². The standard InChI is InChI=1S/C30H33N2O3/c1-22-12-14-23(15-13-22)27(33)20-32-18-16-24(17-19-32)28(21-32)35-30(34)29(25-8-4-2-5-9-25)31-26-10-6-3-7-11-26/h2-15,24,28-29,31H,16-21H2,1H3/q+1/t24?,28-,29?,32?/m0/s1. The summed E-state index contributed by atoms with van der Waals surface area (Å²) in [4.78, 5) is 26.6. The number of quaternary nitrogens is 1. The van der Waals surface area contributed by atoms with Gasteiger partial charge in [0, 0.05) is 30.0 Å². The van der Waals surface area contributed by atoms with Crippen LogP contribution in [0.3, 0.4) is 0 Å². The van der Waals surface area contributed by atoms with Gasteiger partial charge in [0.05, 0.1) is 13.1 Å². The molecule has 0 amide bonds. The van der Waals surface area contributed by atoms with Crippen molar-refractivity contribution in [3.8, 4) is 0 Å². The highest BCUT2D eigenvalue weighted by atomic mass is 16.5. The van der Waals surface area contributed by atoms with Crippen LogP contribution in [0.25, 0.3) is 0 Å². The number of ketones is 1. The SMILES string of the molecule is Cc1ccc(C(=O)C[N+]23CCC(CC2)[C@@H](OC(=O)C(Nc2ccccc2)c2ccccc2)C3)cc1. The number of hydrogen-bond donors (Lipinski definition) is 1. The first-order valence-electron chi connectivity index (χ1n) is 12.5. The number of rotatable bonds is 8. The molecule has 0 spiro atoms. The zero-order chi connectivity index (χ0) is 24.3. The molecule has 3 aliphatic heterocycles. The molecule has 3 saturated heterocycles. The molecule has 0 radical (unpaired) electrons. The van der Waals surface area contributed by atoms with Crippen LogP contribution in [0.5, 0.6) is 0 Å². The number of anilines is 1. The molecular weight excluding hydrogens is 436 g/mol. The van der Waals surface area contributed by atoms with E-state index in [0.717, 1.165) is 48.3 Å². The smallest absolute Gasteiger partial charge is 0.333 e. The maximum absolute atomic E-state index is 13.5. The maximum Gasteiger partial charge on any atom is 0.333 e. The number of carbonyl (C=O) groups excluding carboxylic acids is 2. The average molecular weight is 470 g/mol. The monoisotopic (exact) mass is 469 g/mol. The van der Waals surface area contributed by atoms with Gasteiger partial charge in [-0.3, -0.25) is 4.79 Å². The molecule has 3 aromatic carbocycles. The second-order valence-electron chi connectivity index (χ2n) is 10.1. The van der Waals surface area contributed by atoms with Gasteiger partial charge in [0.2, 0.25) is 5.78 Å². The van der Waals surface area contributed by atoms with E-state index in [2.05, 4.69) is 5.32 Å². The summed E-state index contributed by atoms with van der Waals surface area (Å²) in [7, 11) is 0. The molecule has 6 rings (SSSR count). The van der Waals surface area contributed by atoms with E-state index >= 15 is 0 Å². The predicted molar refractivity (Wildman–Crippen MR) is 137 cm³/mol. The minimum absolute atomic E-state index is 0.167. The number of Topliss-reactive ketones (excluding diaryl/α,β-unsaturated/α-hetero) is 1. The molecule has 35 heavy (non-hydrogen) atoms. The number of esters is 1. The van der Waals surface area contributed by atoms with Crippen LogP contribution in [0, 0.1) is 12.8 Å². The number of piperidine rings is 3. The van der Waals surface area contributed by atoms with E-state index in [0.29, 0.717) is 23.5 Å². The predicted octanol–water partition coefficient (Wildman–Crippen LogP) is 5.18. The number of hydrogen-bond acceptors (Lipinski definition) is 4. The number of aryl methyl sites for hydroxylation is 1. The van der Waals surface area contributed by atoms with Crippen LogP contribution in [0.15, 0.2) is 84.9 Å². The summed E-state index contributed by atoms with van der Waals surface area (Å²) >= 11 is 0. The van der Waals surface area contributed by atoms with Crippen LogP contribution >= 0.6 is 0 Å². The fourth-order valence-corrected chi connectivity index (χ4v) is 5.55. The Morgan fingerprint density at radius 1 is 0.914 bits per heavy atom. The van der Waals surface area contributed by atoms with Crippen molar-refractivity contribution in [1.29, 1.82) is 0 Å². The number of fused-ring (bicyclic) bond motifs is 3. The zero-order valence-electron chi connectivity index (χ0n) is 20.2. The van der Waals surface area contributed by atoms with Crippen LogP contribution < -0.4 is 5.32 Å². The fourth-order valence-electron chi connectivity index (χ4n) is 5.55. The van der Waals surface area contributed by atoms with Gasteiger partial charge in [0.1, 0.15) is 13.1 Å². The van der Waals surface area contributed by atoms with Gasteiger partial charge in [-0.1, -0.05) is 78.4 Å². The maximum atomic E-state index is 13.5. The minimum atomic E-state index is -0.586. The molecule has 1 unspecified atom stereocenters. The average Bonchev–Trinajstić information content (AvgIpc) is 2.89. The Balaban J connectivity index is 1.30. The highest BCUT2D eigenvalue weighted by molar-refractivity contribution is 5.97. The number of nitrogens with zero attached hydrogens (tertiary/aromatic N) is 1. The van der Waals surface area contributed by atoms with Crippen molar-refractivity contribution >= 4 is 17.4 Å². The van der Waals surface area contributed by atoms with Crippen LogP contribution in [-0.4, -0.2) is 48.5 Å². The van der Waals surface area contributed by atoms with E-state index in [1.165, 1.54) is 0 Å². The highest BCUT2D eigenvalue weighted by Crippen LogP contribution is 2.36. The number of para-hydroxylation sites is 1. The van der Waals surface area contributed by atoms with E-state index in [4.69, 9.17) is 4.74 Å². The lowest BCUT2D eigenvalue weighted by Crippen LogP contribution is -2.65. The van der Waals surface area contributed by atoms with Crippen LogP contribution in [0.1, 0.15) is 40.4 Å². The summed E-state index contributed by atoms with van der Waals surface area (Å²) in [6.07, 6.45) is 1.81. The Morgan fingerprint density at radius 2 is 1.54 bits per heavy atom. The zero-order valence-corrected chi connectivity index (χ0v) is 20.2. The lowest BCUT2D eigenvalue weighted by Gasteiger charge is -2.51. The quantitative estimate of drug-likeness (QED) is 0.280. The third-order valence-corrected chi connectivity index (χ3v) is 7.61. The minimum Gasteiger partial charge on any atom is -0.454 e. The first-order valence-corrected chi connectivity index (χ1v) is 12.5. The topological polar surface area (TPSA) is 55.4 Å². The fraction of sp³-hybridized carbons (Fsp3) is 0.333. The second kappa shape index (κ2) is 10.0. The number of nitrogens with one attached hydrogen (secondary N) is 1. The first kappa shape index (κ1) is 23.3. The van der Waals surface area contributed by atoms with Crippen molar-refractivity contribution in [2.24, 2.45) is 5.92 Å². The molecule has 3 aliphatic rings. The highest BCUT2D eigenvalue weighted by Gasteiger charge is 2.49. The van der Waals surface area contributed by atoms with E-state index in [-0.39, 0.29) is 17.9 Å². The summed E-state index contributed by atoms with van der Waals surface area (Å²) in [6, 6.07) is 26.7. The van der Waals surface area contributed by atoms with Crippen molar-refractivity contribution in [1.82, 2.24) is 0 Å². The van der Waals surface area contributed by atoms with Crippen molar-refractivity contribution in [2.75, 3.05) is 31.5 Å². The number of benzene rings is 3. The van der Waals surface area contributed by atoms with E-state index in [9.17, 15) is 9.59 Å². The molecule has 3 aromatic rings. The van der Waals surface area contributed by atoms with Gasteiger partial charge in [0.15, 0.2) is 12.1 Å². The Bertz CT molecular complexity index is 1150. The molecular formula is C30H33N2O3+. The molecule has 0 aromatic heterocycles. The Hall–Kier alpha value is -3.44. The Morgan fingerprint density at radius 3 is 2.20 bits per heavy atom. The summed E-state index contributed by atoms with van der Waals surface area (Å²) in [5.41, 5.74) is 3.66. The molecule has 2 atom stereocenters. The molecule has 180 valence electrons. The first-order chi connectivity index (χ1) is 17.0. The second-order valence-corrected chi connectivity index (χ2v) is 10.1. The van der Waals surface area contributed by atoms with Gasteiger partial charge >= 0.3 is 5.97 Å². The van der Waals surface area contributed by atoms with Gasteiger partial charge in [-0.25, -0.2) is 4.79 Å². The van der Waals surface area contributed by atoms with Gasteiger partial charge in [-0.05, 0) is 24.6 Å². The van der Waals surface area contributed by atoms with Gasteiger partial charge < -0.3 is 14.5 Å². The number of ether oxygens (including phenoxy) is 1. The van der Waals surface area contributed by atoms with E-state index in [1.807, 2.05) is 91.9 Å². The Labute approximate surface area is 207 Å². The van der Waals surface area contributed by atoms with Crippen molar-refractivity contribution in [3.05, 3.63) is 102 Å². The lowest BCUT2D eigenvalue weighted by atomic mass is 9.82. The van der Waals surface area contributed by atoms with Crippen molar-refractivity contribution in [2.45, 2.75) is 31.9 Å². The summed E-state index contributed by atoms with van der Waals surface area (Å²) in [5, 5.41) is 3.36. The Kier molecular flexibility index (Phi) is 6.69. The molecule has 3 fully saturated rings. The summed E-state index contributed by atoms with van der Waals surface area (Å²) in [6.45, 7) is 5.15. The molecule has 3 heterocycles. The number of carbonyl (C=O) groups is 2. The van der Waals surface area contributed by atoms with Crippen LogP contribution in [0.2, 0.25) is 0 Å². The summed E-state index contributed by atoms with van der Waals surface area (Å²) < 4.78 is 6.93. The normalized spacial score (nSPS) is 23.9. The third-order valence-electron chi connectivity index (χ3n) is 7.61. The molecule has 5 nitrogen and oxygen atoms in total. The molecule has 1 N–H and O–H groups in total. The molecule has 0 aliphatic carbocycles. The van der Waals surface area contributed by atoms with E-state index in [1.54, 1.807) is 0 Å². The third kappa shape index (κ3) is 5.30. The van der Waals surface area contributed by atoms with Crippen molar-refractivity contribution < 1.29 is 18.8 Å². The lowest BCUT2D eigenvalue weighted by molar-refractivity contribution is -0.938. The van der Waals surface area contributed by atoms with Crippen molar-refractivity contribution in [3.63, 3.8) is 0 Å². The molecule has 5 heteroatoms. The van der Waals surface area contributed by atoms with Crippen LogP contribution in [0.4, 0.5) is 5.69 Å². The van der Waals surface area contributed by atoms with Gasteiger partial charge in [-0.15, -0.1) is 0 Å². The van der Waals surface area contributed by atoms with Gasteiger partial charge in [0.25, 0.3) is 0 Å². The molecule has 0 saturated carbocycles. The molecule has 2 bridgehead atoms. The van der Waals surface area contributed by atoms with Crippen LogP contribution in [-0.2, 0) is 9.53 Å². The largest absolute Gasteiger partial charge is 0.454 e. The summed E-state index contributed by atoms with van der Waals surface area (Å²) in [5.74, 6) is 0.270. The van der Waals surface area contributed by atoms with E-state index < -0.39 is 6.04 Å².